The largest absolute Gasteiger partial charge is 0.465 e. The molecule has 0 aliphatic carbocycles. The van der Waals surface area contributed by atoms with Crippen molar-refractivity contribution < 1.29 is 18.3 Å². The molecule has 2 rings (SSSR count). The first kappa shape index (κ1) is 15.8. The third-order valence-electron chi connectivity index (χ3n) is 3.62. The van der Waals surface area contributed by atoms with Crippen LogP contribution in [0.4, 0.5) is 10.5 Å². The normalized spacial score (nSPS) is 18.9. The molecule has 1 aliphatic heterocycles. The van der Waals surface area contributed by atoms with Gasteiger partial charge in [0.05, 0.1) is 10.1 Å². The van der Waals surface area contributed by atoms with Crippen LogP contribution >= 0.6 is 0 Å². The zero-order valence-electron chi connectivity index (χ0n) is 12.1. The van der Waals surface area contributed by atoms with Crippen molar-refractivity contribution in [2.45, 2.75) is 42.9 Å². The molecule has 0 bridgehead atoms. The van der Waals surface area contributed by atoms with Gasteiger partial charge in [0.25, 0.3) is 0 Å². The Kier molecular flexibility index (Phi) is 4.53. The molecule has 0 aromatic heterocycles. The molecule has 1 saturated heterocycles. The van der Waals surface area contributed by atoms with Crippen LogP contribution in [0.2, 0.25) is 0 Å². The quantitative estimate of drug-likeness (QED) is 0.793. The first-order valence-corrected chi connectivity index (χ1v) is 8.48. The highest BCUT2D eigenvalue weighted by Crippen LogP contribution is 2.32. The number of carbonyl (C=O) groups is 1. The summed E-state index contributed by atoms with van der Waals surface area (Å²) in [7, 11) is -3.41. The molecule has 3 N–H and O–H groups in total. The predicted octanol–water partition coefficient (Wildman–Crippen LogP) is 2.38. The second-order valence-electron chi connectivity index (χ2n) is 5.43. The Morgan fingerprint density at radius 1 is 1.43 bits per heavy atom. The van der Waals surface area contributed by atoms with Crippen LogP contribution in [0.5, 0.6) is 0 Å². The third-order valence-corrected chi connectivity index (χ3v) is 5.85. The summed E-state index contributed by atoms with van der Waals surface area (Å²) in [6.45, 7) is 4.12. The van der Waals surface area contributed by atoms with Crippen LogP contribution in [0.3, 0.4) is 0 Å². The van der Waals surface area contributed by atoms with Crippen LogP contribution in [0.25, 0.3) is 0 Å². The SMILES string of the molecule is CC(C)S(=O)(=O)c1ccc(NC(=O)O)cc1C1CCCN1. The van der Waals surface area contributed by atoms with Crippen molar-refractivity contribution in [3.05, 3.63) is 23.8 Å². The number of nitrogens with one attached hydrogen (secondary N) is 2. The molecule has 6 nitrogen and oxygen atoms in total. The molecule has 0 saturated carbocycles. The van der Waals surface area contributed by atoms with Crippen molar-refractivity contribution in [3.63, 3.8) is 0 Å². The molecule has 1 amide bonds. The number of rotatable bonds is 4. The number of sulfone groups is 1. The van der Waals surface area contributed by atoms with Crippen LogP contribution in [-0.2, 0) is 9.84 Å². The van der Waals surface area contributed by atoms with Gasteiger partial charge < -0.3 is 10.4 Å². The van der Waals surface area contributed by atoms with Crippen molar-refractivity contribution in [1.82, 2.24) is 5.32 Å². The number of benzene rings is 1. The summed E-state index contributed by atoms with van der Waals surface area (Å²) < 4.78 is 25.0. The molecule has 21 heavy (non-hydrogen) atoms. The van der Waals surface area contributed by atoms with Crippen LogP contribution in [0.1, 0.15) is 38.3 Å². The molecule has 1 aliphatic rings. The van der Waals surface area contributed by atoms with E-state index in [4.69, 9.17) is 5.11 Å². The number of hydrogen-bond donors (Lipinski definition) is 3. The number of carboxylic acid groups (broad SMARTS) is 1. The lowest BCUT2D eigenvalue weighted by atomic mass is 10.0. The summed E-state index contributed by atoms with van der Waals surface area (Å²) in [5.41, 5.74) is 1.03. The van der Waals surface area contributed by atoms with E-state index >= 15 is 0 Å². The molecule has 1 unspecified atom stereocenters. The van der Waals surface area contributed by atoms with E-state index in [1.54, 1.807) is 19.9 Å². The van der Waals surface area contributed by atoms with Gasteiger partial charge in [0.2, 0.25) is 0 Å². The predicted molar refractivity (Wildman–Crippen MR) is 80.4 cm³/mol. The fraction of sp³-hybridized carbons (Fsp3) is 0.500. The lowest BCUT2D eigenvalue weighted by Crippen LogP contribution is -2.21. The Bertz CT molecular complexity index is 634. The van der Waals surface area contributed by atoms with Gasteiger partial charge in [0.15, 0.2) is 9.84 Å². The standard InChI is InChI=1S/C14H20N2O4S/c1-9(2)21(19,20)13-6-5-10(16-14(17)18)8-11(13)12-4-3-7-15-12/h5-6,8-9,12,15-16H,3-4,7H2,1-2H3,(H,17,18). The molecule has 1 heterocycles. The van der Waals surface area contributed by atoms with E-state index in [2.05, 4.69) is 10.6 Å². The van der Waals surface area contributed by atoms with E-state index in [0.717, 1.165) is 19.4 Å². The van der Waals surface area contributed by atoms with Gasteiger partial charge in [-0.1, -0.05) is 0 Å². The highest BCUT2D eigenvalue weighted by Gasteiger charge is 2.28. The third kappa shape index (κ3) is 3.36. The summed E-state index contributed by atoms with van der Waals surface area (Å²) in [4.78, 5) is 11.0. The molecule has 116 valence electrons. The Labute approximate surface area is 124 Å². The zero-order chi connectivity index (χ0) is 15.6. The number of anilines is 1. The minimum Gasteiger partial charge on any atom is -0.465 e. The fourth-order valence-electron chi connectivity index (χ4n) is 2.49. The number of amides is 1. The molecular weight excluding hydrogens is 292 g/mol. The second-order valence-corrected chi connectivity index (χ2v) is 7.90. The lowest BCUT2D eigenvalue weighted by Gasteiger charge is -2.19. The van der Waals surface area contributed by atoms with Gasteiger partial charge >= 0.3 is 6.09 Å². The second kappa shape index (κ2) is 6.03. The van der Waals surface area contributed by atoms with Crippen LogP contribution in [0.15, 0.2) is 23.1 Å². The summed E-state index contributed by atoms with van der Waals surface area (Å²) in [6, 6.07) is 4.55. The van der Waals surface area contributed by atoms with E-state index in [1.165, 1.54) is 12.1 Å². The van der Waals surface area contributed by atoms with Gasteiger partial charge in [-0.15, -0.1) is 0 Å². The first-order valence-electron chi connectivity index (χ1n) is 6.93. The van der Waals surface area contributed by atoms with Crippen LogP contribution in [0, 0.1) is 0 Å². The molecule has 7 heteroatoms. The first-order chi connectivity index (χ1) is 9.82. The Morgan fingerprint density at radius 3 is 2.67 bits per heavy atom. The van der Waals surface area contributed by atoms with Crippen LogP contribution < -0.4 is 10.6 Å². The monoisotopic (exact) mass is 312 g/mol. The Hall–Kier alpha value is -1.60. The van der Waals surface area contributed by atoms with Gasteiger partial charge in [-0.05, 0) is 57.0 Å². The van der Waals surface area contributed by atoms with E-state index in [1.807, 2.05) is 0 Å². The molecule has 0 radical (unpaired) electrons. The maximum absolute atomic E-state index is 12.5. The summed E-state index contributed by atoms with van der Waals surface area (Å²) in [5, 5.41) is 13.8. The van der Waals surface area contributed by atoms with Crippen molar-refractivity contribution in [2.24, 2.45) is 0 Å². The zero-order valence-corrected chi connectivity index (χ0v) is 12.9. The maximum atomic E-state index is 12.5. The average molecular weight is 312 g/mol. The number of hydrogen-bond acceptors (Lipinski definition) is 4. The Morgan fingerprint density at radius 2 is 2.14 bits per heavy atom. The smallest absolute Gasteiger partial charge is 0.409 e. The highest BCUT2D eigenvalue weighted by atomic mass is 32.2. The van der Waals surface area contributed by atoms with Crippen LogP contribution in [-0.4, -0.2) is 31.4 Å². The summed E-state index contributed by atoms with van der Waals surface area (Å²) in [6.07, 6.45) is 0.652. The van der Waals surface area contributed by atoms with E-state index in [-0.39, 0.29) is 10.9 Å². The minimum absolute atomic E-state index is 0.0518. The lowest BCUT2D eigenvalue weighted by molar-refractivity contribution is 0.209. The fourth-order valence-corrected chi connectivity index (χ4v) is 3.78. The molecule has 1 fully saturated rings. The average Bonchev–Trinajstić information content (AvgIpc) is 2.91. The van der Waals surface area contributed by atoms with Crippen molar-refractivity contribution in [3.8, 4) is 0 Å². The minimum atomic E-state index is -3.41. The maximum Gasteiger partial charge on any atom is 0.409 e. The van der Waals surface area contributed by atoms with Gasteiger partial charge in [-0.2, -0.15) is 0 Å². The van der Waals surface area contributed by atoms with Gasteiger partial charge in [0.1, 0.15) is 0 Å². The highest BCUT2D eigenvalue weighted by molar-refractivity contribution is 7.92. The van der Waals surface area contributed by atoms with Crippen molar-refractivity contribution >= 4 is 21.6 Å². The van der Waals surface area contributed by atoms with Crippen molar-refractivity contribution in [1.29, 1.82) is 0 Å². The molecule has 0 spiro atoms. The van der Waals surface area contributed by atoms with Gasteiger partial charge in [0, 0.05) is 11.7 Å². The molecular formula is C14H20N2O4S. The summed E-state index contributed by atoms with van der Waals surface area (Å²) >= 11 is 0. The molecule has 1 aromatic rings. The van der Waals surface area contributed by atoms with Gasteiger partial charge in [-0.25, -0.2) is 13.2 Å². The topological polar surface area (TPSA) is 95.5 Å². The Balaban J connectivity index is 2.51. The molecule has 1 aromatic carbocycles. The van der Waals surface area contributed by atoms with E-state index in [9.17, 15) is 13.2 Å². The van der Waals surface area contributed by atoms with E-state index < -0.39 is 21.2 Å². The van der Waals surface area contributed by atoms with Crippen molar-refractivity contribution in [2.75, 3.05) is 11.9 Å². The van der Waals surface area contributed by atoms with E-state index in [0.29, 0.717) is 11.3 Å². The molecule has 1 atom stereocenters. The van der Waals surface area contributed by atoms with Gasteiger partial charge in [-0.3, -0.25) is 5.32 Å². The summed E-state index contributed by atoms with van der Waals surface area (Å²) in [5.74, 6) is 0.